The summed E-state index contributed by atoms with van der Waals surface area (Å²) in [4.78, 5) is 20.4. The van der Waals surface area contributed by atoms with Gasteiger partial charge in [0.2, 0.25) is 5.91 Å². The van der Waals surface area contributed by atoms with Crippen LogP contribution < -0.4 is 10.1 Å². The molecular weight excluding hydrogens is 460 g/mol. The molecule has 35 heavy (non-hydrogen) atoms. The lowest BCUT2D eigenvalue weighted by atomic mass is 9.97. The summed E-state index contributed by atoms with van der Waals surface area (Å²) in [6, 6.07) is 23.7. The van der Waals surface area contributed by atoms with Crippen LogP contribution in [0.5, 0.6) is 5.75 Å². The van der Waals surface area contributed by atoms with E-state index in [1.807, 2.05) is 48.5 Å². The maximum Gasteiger partial charge on any atom is 0.228 e. The number of imidazole rings is 1. The second kappa shape index (κ2) is 10.5. The monoisotopic (exact) mass is 488 g/mol. The van der Waals surface area contributed by atoms with E-state index in [-0.39, 0.29) is 11.8 Å². The first-order chi connectivity index (χ1) is 17.1. The van der Waals surface area contributed by atoms with E-state index in [0.29, 0.717) is 24.5 Å². The maximum atomic E-state index is 13.1. The van der Waals surface area contributed by atoms with Crippen LogP contribution in [-0.4, -0.2) is 40.6 Å². The van der Waals surface area contributed by atoms with Crippen molar-refractivity contribution in [2.24, 2.45) is 5.92 Å². The minimum absolute atomic E-state index is 0.0360. The van der Waals surface area contributed by atoms with Crippen LogP contribution in [-0.2, 0) is 17.9 Å². The van der Waals surface area contributed by atoms with Crippen LogP contribution in [0.1, 0.15) is 24.2 Å². The summed E-state index contributed by atoms with van der Waals surface area (Å²) in [6.45, 7) is 3.06. The first-order valence-corrected chi connectivity index (χ1v) is 12.3. The highest BCUT2D eigenvalue weighted by atomic mass is 35.5. The molecule has 1 amide bonds. The second-order valence-electron chi connectivity index (χ2n) is 8.99. The molecule has 1 saturated heterocycles. The fourth-order valence-corrected chi connectivity index (χ4v) is 4.92. The van der Waals surface area contributed by atoms with Gasteiger partial charge in [0.05, 0.1) is 36.3 Å². The number of anilines is 1. The lowest BCUT2D eigenvalue weighted by Gasteiger charge is -2.32. The predicted octanol–water partition coefficient (Wildman–Crippen LogP) is 5.60. The Morgan fingerprint density at radius 1 is 1.06 bits per heavy atom. The van der Waals surface area contributed by atoms with E-state index in [4.69, 9.17) is 21.3 Å². The van der Waals surface area contributed by atoms with Gasteiger partial charge in [-0.05, 0) is 61.3 Å². The number of nitrogens with zero attached hydrogens (tertiary/aromatic N) is 3. The number of ether oxygens (including phenoxy) is 1. The standard InChI is InChI=1S/C28H29ClN4O2/c1-35-26-11-5-3-9-24(26)31-28(34)21-7-6-16-32(18-21)19-27-30-23-8-2-4-10-25(23)33(27)17-20-12-14-22(29)15-13-20/h2-5,8-15,21H,6-7,16-19H2,1H3,(H,31,34)/t21-/m1/s1. The Balaban J connectivity index is 1.33. The maximum absolute atomic E-state index is 13.1. The van der Waals surface area contributed by atoms with Crippen LogP contribution in [0.4, 0.5) is 5.69 Å². The molecule has 6 nitrogen and oxygen atoms in total. The zero-order valence-electron chi connectivity index (χ0n) is 19.8. The number of hydrogen-bond donors (Lipinski definition) is 1. The largest absolute Gasteiger partial charge is 0.495 e. The number of amides is 1. The van der Waals surface area contributed by atoms with Crippen LogP contribution >= 0.6 is 11.6 Å². The van der Waals surface area contributed by atoms with Crippen LogP contribution in [0.25, 0.3) is 11.0 Å². The summed E-state index contributed by atoms with van der Waals surface area (Å²) in [5, 5.41) is 3.80. The number of hydrogen-bond acceptors (Lipinski definition) is 4. The highest BCUT2D eigenvalue weighted by molar-refractivity contribution is 6.30. The van der Waals surface area contributed by atoms with Crippen molar-refractivity contribution >= 4 is 34.2 Å². The molecule has 5 rings (SSSR count). The Morgan fingerprint density at radius 3 is 2.66 bits per heavy atom. The van der Waals surface area contributed by atoms with Crippen molar-refractivity contribution in [1.82, 2.24) is 14.5 Å². The van der Waals surface area contributed by atoms with E-state index in [9.17, 15) is 4.79 Å². The molecule has 2 heterocycles. The number of para-hydroxylation sites is 4. The molecule has 1 atom stereocenters. The van der Waals surface area contributed by atoms with Crippen LogP contribution in [0.3, 0.4) is 0 Å². The smallest absolute Gasteiger partial charge is 0.228 e. The Morgan fingerprint density at radius 2 is 1.83 bits per heavy atom. The van der Waals surface area contributed by atoms with Gasteiger partial charge in [-0.1, -0.05) is 48.0 Å². The molecule has 1 aliphatic rings. The quantitative estimate of drug-likeness (QED) is 0.368. The summed E-state index contributed by atoms with van der Waals surface area (Å²) in [5.74, 6) is 1.63. The number of piperidine rings is 1. The molecule has 1 aromatic heterocycles. The number of carbonyl (C=O) groups excluding carboxylic acids is 1. The molecule has 0 radical (unpaired) electrons. The Labute approximate surface area is 210 Å². The van der Waals surface area contributed by atoms with E-state index < -0.39 is 0 Å². The number of carbonyl (C=O) groups is 1. The third-order valence-electron chi connectivity index (χ3n) is 6.59. The number of halogens is 1. The fraction of sp³-hybridized carbons (Fsp3) is 0.286. The summed E-state index contributed by atoms with van der Waals surface area (Å²) >= 11 is 6.09. The van der Waals surface area contributed by atoms with E-state index in [2.05, 4.69) is 39.0 Å². The normalized spacial score (nSPS) is 16.3. The number of aromatic nitrogens is 2. The average Bonchev–Trinajstić information content (AvgIpc) is 3.22. The number of nitrogens with one attached hydrogen (secondary N) is 1. The Hall–Kier alpha value is -3.35. The van der Waals surface area contributed by atoms with Crippen molar-refractivity contribution < 1.29 is 9.53 Å². The zero-order chi connectivity index (χ0) is 24.2. The van der Waals surface area contributed by atoms with Gasteiger partial charge in [0.25, 0.3) is 0 Å². The van der Waals surface area contributed by atoms with Gasteiger partial charge in [-0.2, -0.15) is 0 Å². The van der Waals surface area contributed by atoms with E-state index in [1.165, 1.54) is 5.56 Å². The number of fused-ring (bicyclic) bond motifs is 1. The molecule has 0 saturated carbocycles. The SMILES string of the molecule is COc1ccccc1NC(=O)[C@@H]1CCCN(Cc2nc3ccccc3n2Cc2ccc(Cl)cc2)C1. The molecular formula is C28H29ClN4O2. The fourth-order valence-electron chi connectivity index (χ4n) is 4.79. The first kappa shape index (κ1) is 23.4. The lowest BCUT2D eigenvalue weighted by Crippen LogP contribution is -2.40. The lowest BCUT2D eigenvalue weighted by molar-refractivity contribution is -0.121. The van der Waals surface area contributed by atoms with Gasteiger partial charge in [-0.25, -0.2) is 4.98 Å². The van der Waals surface area contributed by atoms with Crippen molar-refractivity contribution in [2.75, 3.05) is 25.5 Å². The third-order valence-corrected chi connectivity index (χ3v) is 6.85. The summed E-state index contributed by atoms with van der Waals surface area (Å²) in [6.07, 6.45) is 1.85. The third kappa shape index (κ3) is 5.34. The molecule has 7 heteroatoms. The molecule has 1 N–H and O–H groups in total. The van der Waals surface area contributed by atoms with Crippen LogP contribution in [0.15, 0.2) is 72.8 Å². The molecule has 0 aliphatic carbocycles. The highest BCUT2D eigenvalue weighted by Crippen LogP contribution is 2.27. The first-order valence-electron chi connectivity index (χ1n) is 12.0. The number of rotatable bonds is 7. The van der Waals surface area contributed by atoms with Crippen LogP contribution in [0.2, 0.25) is 5.02 Å². The molecule has 1 aliphatic heterocycles. The zero-order valence-corrected chi connectivity index (χ0v) is 20.5. The van der Waals surface area contributed by atoms with E-state index in [0.717, 1.165) is 47.8 Å². The van der Waals surface area contributed by atoms with Crippen LogP contribution in [0, 0.1) is 5.92 Å². The highest BCUT2D eigenvalue weighted by Gasteiger charge is 2.27. The number of benzene rings is 3. The van der Waals surface area contributed by atoms with Crippen molar-refractivity contribution in [3.8, 4) is 5.75 Å². The Kier molecular flexibility index (Phi) is 7.02. The van der Waals surface area contributed by atoms with Crippen molar-refractivity contribution in [3.63, 3.8) is 0 Å². The van der Waals surface area contributed by atoms with Gasteiger partial charge < -0.3 is 14.6 Å². The topological polar surface area (TPSA) is 59.4 Å². The van der Waals surface area contributed by atoms with Gasteiger partial charge in [0.1, 0.15) is 11.6 Å². The molecule has 0 unspecified atom stereocenters. The van der Waals surface area contributed by atoms with Gasteiger partial charge in [0.15, 0.2) is 0 Å². The van der Waals surface area contributed by atoms with Crippen molar-refractivity contribution in [2.45, 2.75) is 25.9 Å². The van der Waals surface area contributed by atoms with E-state index in [1.54, 1.807) is 7.11 Å². The van der Waals surface area contributed by atoms with E-state index >= 15 is 0 Å². The number of methoxy groups -OCH3 is 1. The van der Waals surface area contributed by atoms with Gasteiger partial charge in [-0.3, -0.25) is 9.69 Å². The number of likely N-dealkylation sites (tertiary alicyclic amines) is 1. The molecule has 0 spiro atoms. The van der Waals surface area contributed by atoms with Crippen molar-refractivity contribution in [1.29, 1.82) is 0 Å². The van der Waals surface area contributed by atoms with Gasteiger partial charge in [0, 0.05) is 18.1 Å². The summed E-state index contributed by atoms with van der Waals surface area (Å²) in [5.41, 5.74) is 3.98. The Bertz CT molecular complexity index is 1320. The second-order valence-corrected chi connectivity index (χ2v) is 9.43. The molecule has 180 valence electrons. The minimum atomic E-state index is -0.0808. The molecule has 3 aromatic carbocycles. The summed E-state index contributed by atoms with van der Waals surface area (Å²) in [7, 11) is 1.61. The minimum Gasteiger partial charge on any atom is -0.495 e. The molecule has 0 bridgehead atoms. The average molecular weight is 489 g/mol. The predicted molar refractivity (Wildman–Crippen MR) is 140 cm³/mol. The van der Waals surface area contributed by atoms with Crippen molar-refractivity contribution in [3.05, 3.63) is 89.2 Å². The molecule has 4 aromatic rings. The van der Waals surface area contributed by atoms with Gasteiger partial charge in [-0.15, -0.1) is 0 Å². The molecule has 1 fully saturated rings. The van der Waals surface area contributed by atoms with Gasteiger partial charge >= 0.3 is 0 Å². The summed E-state index contributed by atoms with van der Waals surface area (Å²) < 4.78 is 7.66.